The number of benzene rings is 2. The Hall–Kier alpha value is -3.50. The standard InChI is InChI=1S/C23H19F2N3O2/c24-17-7-5-16(6-8-17)20(15-26)27-11-13-28(14-12-27)23(29)22-10-9-21(30-22)18-3-1-2-4-19(18)25/h1-10,20H,11-14H2/t20-/m0/s1. The zero-order chi connectivity index (χ0) is 21.1. The maximum atomic E-state index is 13.9. The highest BCUT2D eigenvalue weighted by molar-refractivity contribution is 5.92. The summed E-state index contributed by atoms with van der Waals surface area (Å²) in [4.78, 5) is 16.4. The molecule has 1 atom stereocenters. The Morgan fingerprint density at radius 3 is 2.33 bits per heavy atom. The van der Waals surface area contributed by atoms with Gasteiger partial charge in [-0.15, -0.1) is 0 Å². The summed E-state index contributed by atoms with van der Waals surface area (Å²) in [5.41, 5.74) is 1.02. The van der Waals surface area contributed by atoms with Crippen molar-refractivity contribution >= 4 is 5.91 Å². The van der Waals surface area contributed by atoms with Crippen molar-refractivity contribution in [3.63, 3.8) is 0 Å². The highest BCUT2D eigenvalue weighted by atomic mass is 19.1. The Morgan fingerprint density at radius 1 is 0.967 bits per heavy atom. The summed E-state index contributed by atoms with van der Waals surface area (Å²) >= 11 is 0. The number of halogens is 2. The first-order valence-corrected chi connectivity index (χ1v) is 9.60. The highest BCUT2D eigenvalue weighted by Crippen LogP contribution is 2.26. The monoisotopic (exact) mass is 407 g/mol. The molecule has 4 rings (SSSR count). The largest absolute Gasteiger partial charge is 0.451 e. The smallest absolute Gasteiger partial charge is 0.289 e. The van der Waals surface area contributed by atoms with Crippen LogP contribution in [0.2, 0.25) is 0 Å². The first-order chi connectivity index (χ1) is 14.6. The van der Waals surface area contributed by atoms with Gasteiger partial charge >= 0.3 is 0 Å². The van der Waals surface area contributed by atoms with Crippen LogP contribution in [0.4, 0.5) is 8.78 Å². The average Bonchev–Trinajstić information content (AvgIpc) is 3.26. The van der Waals surface area contributed by atoms with E-state index >= 15 is 0 Å². The predicted octanol–water partition coefficient (Wildman–Crippen LogP) is 4.25. The Morgan fingerprint density at radius 2 is 1.67 bits per heavy atom. The molecule has 2 heterocycles. The number of furan rings is 1. The molecule has 0 radical (unpaired) electrons. The van der Waals surface area contributed by atoms with E-state index in [2.05, 4.69) is 6.07 Å². The van der Waals surface area contributed by atoms with E-state index in [0.29, 0.717) is 37.5 Å². The topological polar surface area (TPSA) is 60.5 Å². The summed E-state index contributed by atoms with van der Waals surface area (Å²) in [6, 6.07) is 17.0. The van der Waals surface area contributed by atoms with Gasteiger partial charge in [-0.2, -0.15) is 5.26 Å². The maximum absolute atomic E-state index is 13.9. The van der Waals surface area contributed by atoms with Gasteiger partial charge in [-0.1, -0.05) is 24.3 Å². The van der Waals surface area contributed by atoms with Crippen LogP contribution in [0.1, 0.15) is 22.2 Å². The molecule has 3 aromatic rings. The SMILES string of the molecule is N#C[C@@H](c1ccc(F)cc1)N1CCN(C(=O)c2ccc(-c3ccccc3F)o2)CC1. The molecule has 0 unspecified atom stereocenters. The van der Waals surface area contributed by atoms with Gasteiger partial charge in [0.1, 0.15) is 23.4 Å². The van der Waals surface area contributed by atoms with Crippen LogP contribution in [0, 0.1) is 23.0 Å². The van der Waals surface area contributed by atoms with Gasteiger partial charge in [0.05, 0.1) is 11.6 Å². The lowest BCUT2D eigenvalue weighted by molar-refractivity contribution is 0.0577. The molecular weight excluding hydrogens is 388 g/mol. The van der Waals surface area contributed by atoms with Crippen LogP contribution in [0.15, 0.2) is 65.1 Å². The molecule has 30 heavy (non-hydrogen) atoms. The van der Waals surface area contributed by atoms with E-state index < -0.39 is 11.9 Å². The molecule has 5 nitrogen and oxygen atoms in total. The summed E-state index contributed by atoms with van der Waals surface area (Å²) < 4.78 is 32.7. The van der Waals surface area contributed by atoms with Crippen molar-refractivity contribution in [2.24, 2.45) is 0 Å². The molecule has 0 N–H and O–H groups in total. The maximum Gasteiger partial charge on any atom is 0.289 e. The van der Waals surface area contributed by atoms with E-state index in [0.717, 1.165) is 5.56 Å². The van der Waals surface area contributed by atoms with Gasteiger partial charge in [-0.3, -0.25) is 9.69 Å². The zero-order valence-corrected chi connectivity index (χ0v) is 16.1. The van der Waals surface area contributed by atoms with E-state index in [1.807, 2.05) is 4.90 Å². The summed E-state index contributed by atoms with van der Waals surface area (Å²) in [6.45, 7) is 1.85. The van der Waals surface area contributed by atoms with Gasteiger partial charge in [0.15, 0.2) is 5.76 Å². The van der Waals surface area contributed by atoms with Crippen molar-refractivity contribution in [3.8, 4) is 17.4 Å². The summed E-state index contributed by atoms with van der Waals surface area (Å²) in [7, 11) is 0. The number of rotatable bonds is 4. The number of carbonyl (C=O) groups is 1. The van der Waals surface area contributed by atoms with Crippen LogP contribution in [0.5, 0.6) is 0 Å². The zero-order valence-electron chi connectivity index (χ0n) is 16.1. The van der Waals surface area contributed by atoms with Gasteiger partial charge in [-0.05, 0) is 42.0 Å². The van der Waals surface area contributed by atoms with Crippen molar-refractivity contribution in [1.29, 1.82) is 5.26 Å². The van der Waals surface area contributed by atoms with Crippen LogP contribution in [0.25, 0.3) is 11.3 Å². The van der Waals surface area contributed by atoms with Crippen LogP contribution in [-0.2, 0) is 0 Å². The molecule has 2 aromatic carbocycles. The third kappa shape index (κ3) is 3.95. The van der Waals surface area contributed by atoms with Crippen molar-refractivity contribution < 1.29 is 18.0 Å². The Bertz CT molecular complexity index is 1080. The van der Waals surface area contributed by atoms with Crippen LogP contribution in [0.3, 0.4) is 0 Å². The first-order valence-electron chi connectivity index (χ1n) is 9.60. The Kier molecular flexibility index (Phi) is 5.59. The molecule has 152 valence electrons. The van der Waals surface area contributed by atoms with Gasteiger partial charge in [-0.25, -0.2) is 8.78 Å². The molecule has 0 bridgehead atoms. The molecule has 1 amide bonds. The average molecular weight is 407 g/mol. The lowest BCUT2D eigenvalue weighted by Gasteiger charge is -2.36. The second-order valence-electron chi connectivity index (χ2n) is 7.06. The minimum absolute atomic E-state index is 0.150. The molecule has 1 fully saturated rings. The summed E-state index contributed by atoms with van der Waals surface area (Å²) in [6.07, 6.45) is 0. The second-order valence-corrected chi connectivity index (χ2v) is 7.06. The van der Waals surface area contributed by atoms with Gasteiger partial charge < -0.3 is 9.32 Å². The van der Waals surface area contributed by atoms with E-state index in [9.17, 15) is 18.8 Å². The number of carbonyl (C=O) groups excluding carboxylic acids is 1. The quantitative estimate of drug-likeness (QED) is 0.649. The number of hydrogen-bond donors (Lipinski definition) is 0. The first kappa shape index (κ1) is 19.8. The van der Waals surface area contributed by atoms with E-state index in [1.54, 1.807) is 47.4 Å². The van der Waals surface area contributed by atoms with Crippen molar-refractivity contribution in [2.75, 3.05) is 26.2 Å². The molecule has 0 spiro atoms. The number of nitriles is 1. The molecular formula is C23H19F2N3O2. The summed E-state index contributed by atoms with van der Waals surface area (Å²) in [5, 5.41) is 9.58. The molecule has 0 saturated carbocycles. The van der Waals surface area contributed by atoms with Crippen LogP contribution >= 0.6 is 0 Å². The molecule has 1 aromatic heterocycles. The van der Waals surface area contributed by atoms with Crippen molar-refractivity contribution in [2.45, 2.75) is 6.04 Å². The fourth-order valence-electron chi connectivity index (χ4n) is 3.61. The second kappa shape index (κ2) is 8.47. The number of hydrogen-bond acceptors (Lipinski definition) is 4. The molecule has 7 heteroatoms. The van der Waals surface area contributed by atoms with E-state index in [1.165, 1.54) is 18.2 Å². The van der Waals surface area contributed by atoms with Crippen molar-refractivity contribution in [1.82, 2.24) is 9.80 Å². The fourth-order valence-corrected chi connectivity index (χ4v) is 3.61. The molecule has 1 saturated heterocycles. The lowest BCUT2D eigenvalue weighted by Crippen LogP contribution is -2.49. The van der Waals surface area contributed by atoms with Crippen molar-refractivity contribution in [3.05, 3.63) is 83.6 Å². The minimum atomic E-state index is -0.501. The molecule has 0 aliphatic carbocycles. The van der Waals surface area contributed by atoms with Crippen LogP contribution in [-0.4, -0.2) is 41.9 Å². The lowest BCUT2D eigenvalue weighted by atomic mass is 10.1. The molecule has 1 aliphatic heterocycles. The Labute approximate surface area is 172 Å². The summed E-state index contributed by atoms with van der Waals surface area (Å²) in [5.74, 6) is -0.581. The number of piperazine rings is 1. The minimum Gasteiger partial charge on any atom is -0.451 e. The van der Waals surface area contributed by atoms with E-state index in [-0.39, 0.29) is 17.5 Å². The number of nitrogens with zero attached hydrogens (tertiary/aromatic N) is 3. The third-order valence-electron chi connectivity index (χ3n) is 5.23. The number of amides is 1. The third-order valence-corrected chi connectivity index (χ3v) is 5.23. The molecule has 1 aliphatic rings. The Balaban J connectivity index is 1.42. The van der Waals surface area contributed by atoms with E-state index in [4.69, 9.17) is 4.42 Å². The fraction of sp³-hybridized carbons (Fsp3) is 0.217. The van der Waals surface area contributed by atoms with Crippen LogP contribution < -0.4 is 0 Å². The highest BCUT2D eigenvalue weighted by Gasteiger charge is 2.29. The van der Waals surface area contributed by atoms with Gasteiger partial charge in [0, 0.05) is 26.2 Å². The van der Waals surface area contributed by atoms with Gasteiger partial charge in [0.2, 0.25) is 0 Å². The normalized spacial score (nSPS) is 15.6. The predicted molar refractivity (Wildman–Crippen MR) is 106 cm³/mol. The van der Waals surface area contributed by atoms with Gasteiger partial charge in [0.25, 0.3) is 5.91 Å².